The van der Waals surface area contributed by atoms with Crippen LogP contribution in [-0.2, 0) is 4.79 Å². The van der Waals surface area contributed by atoms with Crippen molar-refractivity contribution >= 4 is 5.97 Å². The summed E-state index contributed by atoms with van der Waals surface area (Å²) < 4.78 is 10.5. The monoisotopic (exact) mass is 260 g/mol. The van der Waals surface area contributed by atoms with Gasteiger partial charge in [0.15, 0.2) is 0 Å². The maximum Gasteiger partial charge on any atom is 0.307 e. The van der Waals surface area contributed by atoms with E-state index in [4.69, 9.17) is 14.6 Å². The Morgan fingerprint density at radius 2 is 2.21 bits per heavy atom. The number of fused-ring (bicyclic) bond motifs is 2. The van der Waals surface area contributed by atoms with Crippen LogP contribution in [0, 0.1) is 23.7 Å². The van der Waals surface area contributed by atoms with Gasteiger partial charge in [0, 0.05) is 12.5 Å². The zero-order chi connectivity index (χ0) is 13.8. The van der Waals surface area contributed by atoms with Gasteiger partial charge in [0.2, 0.25) is 6.79 Å². The molecule has 1 heterocycles. The number of aliphatic carboxylic acids is 1. The van der Waals surface area contributed by atoms with Gasteiger partial charge >= 0.3 is 5.97 Å². The second-order valence-electron chi connectivity index (χ2n) is 4.76. The molecule has 1 aliphatic heterocycles. The summed E-state index contributed by atoms with van der Waals surface area (Å²) in [6.45, 7) is 3.97. The number of carbonyl (C=O) groups is 1. The Morgan fingerprint density at radius 3 is 2.89 bits per heavy atom. The lowest BCUT2D eigenvalue weighted by Crippen LogP contribution is -2.18. The molecular formula is C15H16O4. The van der Waals surface area contributed by atoms with Crippen molar-refractivity contribution in [3.8, 4) is 23.3 Å². The minimum Gasteiger partial charge on any atom is -0.481 e. The zero-order valence-corrected chi connectivity index (χ0v) is 11.0. The summed E-state index contributed by atoms with van der Waals surface area (Å²) in [5.41, 5.74) is 0.764. The standard InChI is InChI=1S/C15H16O4/c1-10(2)13(15(16)17)5-3-4-11-6-7-12-8-14(11)19-9-18-12/h6-8,10,13H,5,9H2,1-2H3,(H,16,17). The van der Waals surface area contributed by atoms with Gasteiger partial charge in [-0.2, -0.15) is 0 Å². The van der Waals surface area contributed by atoms with E-state index in [-0.39, 0.29) is 12.7 Å². The number of ether oxygens (including phenoxy) is 2. The van der Waals surface area contributed by atoms with Crippen molar-refractivity contribution in [1.82, 2.24) is 0 Å². The van der Waals surface area contributed by atoms with Gasteiger partial charge in [0.25, 0.3) is 0 Å². The lowest BCUT2D eigenvalue weighted by molar-refractivity contribution is -0.143. The molecule has 0 aliphatic carbocycles. The van der Waals surface area contributed by atoms with Crippen molar-refractivity contribution in [2.24, 2.45) is 11.8 Å². The summed E-state index contributed by atoms with van der Waals surface area (Å²) in [7, 11) is 0. The fourth-order valence-electron chi connectivity index (χ4n) is 1.84. The van der Waals surface area contributed by atoms with Gasteiger partial charge in [-0.05, 0) is 18.1 Å². The average Bonchev–Trinajstić information content (AvgIpc) is 2.36. The highest BCUT2D eigenvalue weighted by atomic mass is 16.7. The van der Waals surface area contributed by atoms with Crippen LogP contribution in [0.4, 0.5) is 0 Å². The topological polar surface area (TPSA) is 55.8 Å². The zero-order valence-electron chi connectivity index (χ0n) is 11.0. The Labute approximate surface area is 112 Å². The van der Waals surface area contributed by atoms with E-state index in [9.17, 15) is 4.79 Å². The van der Waals surface area contributed by atoms with Gasteiger partial charge in [0.1, 0.15) is 11.5 Å². The third-order valence-electron chi connectivity index (χ3n) is 3.06. The van der Waals surface area contributed by atoms with Crippen molar-refractivity contribution in [2.45, 2.75) is 20.3 Å². The summed E-state index contributed by atoms with van der Waals surface area (Å²) in [6.07, 6.45) is 0.338. The summed E-state index contributed by atoms with van der Waals surface area (Å²) in [6, 6.07) is 5.43. The highest BCUT2D eigenvalue weighted by Crippen LogP contribution is 2.27. The van der Waals surface area contributed by atoms with Crippen molar-refractivity contribution in [1.29, 1.82) is 0 Å². The molecule has 1 N–H and O–H groups in total. The molecule has 2 bridgehead atoms. The highest BCUT2D eigenvalue weighted by Gasteiger charge is 2.19. The first kappa shape index (κ1) is 13.3. The van der Waals surface area contributed by atoms with Crippen molar-refractivity contribution in [3.05, 3.63) is 23.8 Å². The Morgan fingerprint density at radius 1 is 1.42 bits per heavy atom. The summed E-state index contributed by atoms with van der Waals surface area (Å²) in [5.74, 6) is 6.18. The van der Waals surface area contributed by atoms with Crippen molar-refractivity contribution in [2.75, 3.05) is 6.79 Å². The van der Waals surface area contributed by atoms with Crippen LogP contribution in [0.3, 0.4) is 0 Å². The van der Waals surface area contributed by atoms with E-state index in [0.29, 0.717) is 12.2 Å². The lowest BCUT2D eigenvalue weighted by atomic mass is 9.93. The van der Waals surface area contributed by atoms with E-state index in [1.54, 1.807) is 6.07 Å². The molecule has 19 heavy (non-hydrogen) atoms. The minimum atomic E-state index is -0.800. The SMILES string of the molecule is CC(C)C(CC#Cc1ccc2cc1OCO2)C(=O)O. The second-order valence-corrected chi connectivity index (χ2v) is 4.76. The molecule has 0 saturated heterocycles. The third kappa shape index (κ3) is 3.19. The van der Waals surface area contributed by atoms with Gasteiger partial charge in [-0.25, -0.2) is 0 Å². The van der Waals surface area contributed by atoms with E-state index in [0.717, 1.165) is 11.3 Å². The van der Waals surface area contributed by atoms with Gasteiger partial charge in [-0.15, -0.1) is 0 Å². The molecule has 4 nitrogen and oxygen atoms in total. The Balaban J connectivity index is 2.10. The highest BCUT2D eigenvalue weighted by molar-refractivity contribution is 5.70. The fourth-order valence-corrected chi connectivity index (χ4v) is 1.84. The van der Waals surface area contributed by atoms with Crippen LogP contribution in [0.1, 0.15) is 25.8 Å². The minimum absolute atomic E-state index is 0.0668. The maximum atomic E-state index is 11.1. The summed E-state index contributed by atoms with van der Waals surface area (Å²) in [5, 5.41) is 9.08. The van der Waals surface area contributed by atoms with Gasteiger partial charge < -0.3 is 14.6 Å². The van der Waals surface area contributed by atoms with Crippen LogP contribution < -0.4 is 9.47 Å². The molecule has 1 unspecified atom stereocenters. The summed E-state index contributed by atoms with van der Waals surface area (Å²) in [4.78, 5) is 11.1. The van der Waals surface area contributed by atoms with E-state index < -0.39 is 11.9 Å². The van der Waals surface area contributed by atoms with Crippen LogP contribution in [0.2, 0.25) is 0 Å². The maximum absolute atomic E-state index is 11.1. The molecule has 1 atom stereocenters. The molecule has 100 valence electrons. The Hall–Kier alpha value is -2.15. The normalized spacial score (nSPS) is 13.8. The Bertz CT molecular complexity index is 537. The van der Waals surface area contributed by atoms with Crippen LogP contribution in [0.25, 0.3) is 0 Å². The number of carboxylic acid groups (broad SMARTS) is 1. The van der Waals surface area contributed by atoms with Gasteiger partial charge in [0.05, 0.1) is 11.5 Å². The number of hydrogen-bond acceptors (Lipinski definition) is 3. The molecule has 1 aromatic carbocycles. The molecule has 0 fully saturated rings. The molecule has 0 radical (unpaired) electrons. The fraction of sp³-hybridized carbons (Fsp3) is 0.400. The quantitative estimate of drug-likeness (QED) is 0.848. The third-order valence-corrected chi connectivity index (χ3v) is 3.06. The predicted octanol–water partition coefficient (Wildman–Crippen LogP) is 2.51. The van der Waals surface area contributed by atoms with Crippen LogP contribution >= 0.6 is 0 Å². The van der Waals surface area contributed by atoms with Gasteiger partial charge in [-0.3, -0.25) is 4.79 Å². The number of rotatable bonds is 3. The molecule has 2 rings (SSSR count). The molecule has 1 aliphatic rings. The molecule has 0 saturated carbocycles. The van der Waals surface area contributed by atoms with E-state index in [1.165, 1.54) is 0 Å². The molecule has 4 heteroatoms. The molecule has 0 aromatic heterocycles. The lowest BCUT2D eigenvalue weighted by Gasteiger charge is -2.16. The molecule has 0 amide bonds. The number of benzene rings is 1. The Kier molecular flexibility index (Phi) is 3.96. The first-order valence-corrected chi connectivity index (χ1v) is 6.19. The molecular weight excluding hydrogens is 244 g/mol. The van der Waals surface area contributed by atoms with Crippen molar-refractivity contribution < 1.29 is 19.4 Å². The number of carboxylic acids is 1. The first-order chi connectivity index (χ1) is 9.08. The van der Waals surface area contributed by atoms with Crippen LogP contribution in [0.5, 0.6) is 11.5 Å². The number of hydrogen-bond donors (Lipinski definition) is 1. The van der Waals surface area contributed by atoms with E-state index in [1.807, 2.05) is 26.0 Å². The molecule has 1 aromatic rings. The van der Waals surface area contributed by atoms with Crippen LogP contribution in [0.15, 0.2) is 18.2 Å². The van der Waals surface area contributed by atoms with E-state index in [2.05, 4.69) is 11.8 Å². The van der Waals surface area contributed by atoms with Crippen LogP contribution in [-0.4, -0.2) is 17.9 Å². The van der Waals surface area contributed by atoms with E-state index >= 15 is 0 Å². The predicted molar refractivity (Wildman–Crippen MR) is 70.0 cm³/mol. The second kappa shape index (κ2) is 5.66. The average molecular weight is 260 g/mol. The van der Waals surface area contributed by atoms with Crippen molar-refractivity contribution in [3.63, 3.8) is 0 Å². The summed E-state index contributed by atoms with van der Waals surface area (Å²) >= 11 is 0. The molecule has 0 spiro atoms. The largest absolute Gasteiger partial charge is 0.481 e. The van der Waals surface area contributed by atoms with Gasteiger partial charge in [-0.1, -0.05) is 25.7 Å². The smallest absolute Gasteiger partial charge is 0.307 e. The first-order valence-electron chi connectivity index (χ1n) is 6.19.